The van der Waals surface area contributed by atoms with Crippen LogP contribution in [0.4, 0.5) is 8.78 Å². The minimum Gasteiger partial charge on any atom is -0.351 e. The molecule has 0 spiro atoms. The third-order valence-corrected chi connectivity index (χ3v) is 5.14. The van der Waals surface area contributed by atoms with E-state index in [1.54, 1.807) is 0 Å². The van der Waals surface area contributed by atoms with Crippen LogP contribution in [0.5, 0.6) is 0 Å². The lowest BCUT2D eigenvalue weighted by atomic mass is 9.84. The Balaban J connectivity index is 2.85. The Morgan fingerprint density at radius 2 is 1.90 bits per heavy atom. The van der Waals surface area contributed by atoms with Gasteiger partial charge in [-0.2, -0.15) is 0 Å². The first kappa shape index (κ1) is 17.4. The third kappa shape index (κ3) is 3.92. The van der Waals surface area contributed by atoms with Crippen LogP contribution in [-0.4, -0.2) is 17.8 Å². The Kier molecular flexibility index (Phi) is 6.40. The molecule has 0 aliphatic rings. The van der Waals surface area contributed by atoms with Gasteiger partial charge in [0.25, 0.3) is 5.91 Å². The van der Waals surface area contributed by atoms with Crippen molar-refractivity contribution in [3.8, 4) is 0 Å². The van der Waals surface area contributed by atoms with Gasteiger partial charge in [-0.05, 0) is 30.4 Å². The van der Waals surface area contributed by atoms with Crippen LogP contribution in [0.3, 0.4) is 0 Å². The van der Waals surface area contributed by atoms with E-state index in [2.05, 4.69) is 21.2 Å². The first-order valence-electron chi connectivity index (χ1n) is 6.38. The van der Waals surface area contributed by atoms with Crippen molar-refractivity contribution in [2.45, 2.75) is 26.7 Å². The van der Waals surface area contributed by atoms with E-state index in [0.717, 1.165) is 30.3 Å². The monoisotopic (exact) mass is 367 g/mol. The normalized spacial score (nSPS) is 11.5. The Labute approximate surface area is 131 Å². The van der Waals surface area contributed by atoms with Crippen LogP contribution < -0.4 is 5.32 Å². The summed E-state index contributed by atoms with van der Waals surface area (Å²) in [5.74, 6) is -2.27. The molecule has 112 valence electrons. The summed E-state index contributed by atoms with van der Waals surface area (Å²) in [4.78, 5) is 11.9. The lowest BCUT2D eigenvalue weighted by Gasteiger charge is -2.29. The molecule has 20 heavy (non-hydrogen) atoms. The average molecular weight is 369 g/mol. The van der Waals surface area contributed by atoms with Crippen molar-refractivity contribution < 1.29 is 13.6 Å². The number of carbonyl (C=O) groups is 1. The van der Waals surface area contributed by atoms with Gasteiger partial charge in [0.15, 0.2) is 0 Å². The maximum absolute atomic E-state index is 13.6. The highest BCUT2D eigenvalue weighted by Crippen LogP contribution is 2.28. The van der Waals surface area contributed by atoms with Crippen molar-refractivity contribution >= 4 is 33.4 Å². The topological polar surface area (TPSA) is 29.1 Å². The van der Waals surface area contributed by atoms with Gasteiger partial charge in [-0.1, -0.05) is 41.4 Å². The second kappa shape index (κ2) is 7.36. The molecule has 6 heteroatoms. The Morgan fingerprint density at radius 3 is 2.40 bits per heavy atom. The fraction of sp³-hybridized carbons (Fsp3) is 0.500. The zero-order chi connectivity index (χ0) is 15.3. The number of alkyl halides is 1. The molecule has 1 amide bonds. The molecule has 1 rings (SSSR count). The molecule has 2 nitrogen and oxygen atoms in total. The maximum atomic E-state index is 13.6. The van der Waals surface area contributed by atoms with Crippen LogP contribution in [-0.2, 0) is 0 Å². The second-order valence-electron chi connectivity index (χ2n) is 4.77. The molecule has 1 aromatic rings. The van der Waals surface area contributed by atoms with Gasteiger partial charge in [0.2, 0.25) is 0 Å². The summed E-state index contributed by atoms with van der Waals surface area (Å²) < 4.78 is 26.9. The molecule has 0 heterocycles. The molecule has 0 radical (unpaired) electrons. The van der Waals surface area contributed by atoms with Crippen LogP contribution in [0.2, 0.25) is 5.02 Å². The lowest BCUT2D eigenvalue weighted by molar-refractivity contribution is 0.0928. The van der Waals surface area contributed by atoms with Gasteiger partial charge in [-0.25, -0.2) is 8.78 Å². The minimum absolute atomic E-state index is 0.0862. The minimum atomic E-state index is -0.827. The largest absolute Gasteiger partial charge is 0.351 e. The third-order valence-electron chi connectivity index (χ3n) is 3.66. The molecule has 0 fully saturated rings. The highest BCUT2D eigenvalue weighted by atomic mass is 79.9. The van der Waals surface area contributed by atoms with E-state index in [9.17, 15) is 13.6 Å². The number of halogens is 4. The van der Waals surface area contributed by atoms with Crippen molar-refractivity contribution in [3.63, 3.8) is 0 Å². The van der Waals surface area contributed by atoms with Crippen LogP contribution in [0.25, 0.3) is 0 Å². The Hall–Kier alpha value is -0.680. The van der Waals surface area contributed by atoms with Crippen LogP contribution >= 0.6 is 27.5 Å². The van der Waals surface area contributed by atoms with Gasteiger partial charge in [0, 0.05) is 11.9 Å². The van der Waals surface area contributed by atoms with Crippen LogP contribution in [0.15, 0.2) is 12.1 Å². The summed E-state index contributed by atoms with van der Waals surface area (Å²) in [5, 5.41) is 3.05. The number of hydrogen-bond donors (Lipinski definition) is 1. The smallest absolute Gasteiger partial charge is 0.254 e. The summed E-state index contributed by atoms with van der Waals surface area (Å²) in [6.07, 6.45) is 1.74. The van der Waals surface area contributed by atoms with Gasteiger partial charge in [-0.3, -0.25) is 4.79 Å². The summed E-state index contributed by atoms with van der Waals surface area (Å²) in [6.45, 7) is 4.45. The van der Waals surface area contributed by atoms with Gasteiger partial charge < -0.3 is 5.32 Å². The molecule has 0 unspecified atom stereocenters. The number of hydrogen-bond acceptors (Lipinski definition) is 1. The van der Waals surface area contributed by atoms with Gasteiger partial charge in [-0.15, -0.1) is 0 Å². The van der Waals surface area contributed by atoms with Crippen molar-refractivity contribution in [2.75, 3.05) is 11.9 Å². The fourth-order valence-electron chi connectivity index (χ4n) is 1.80. The van der Waals surface area contributed by atoms with Gasteiger partial charge in [0.1, 0.15) is 11.6 Å². The van der Waals surface area contributed by atoms with Gasteiger partial charge >= 0.3 is 0 Å². The van der Waals surface area contributed by atoms with Crippen LogP contribution in [0.1, 0.15) is 37.0 Å². The average Bonchev–Trinajstić information content (AvgIpc) is 2.44. The first-order chi connectivity index (χ1) is 9.39. The van der Waals surface area contributed by atoms with Crippen molar-refractivity contribution in [2.24, 2.45) is 5.41 Å². The van der Waals surface area contributed by atoms with E-state index in [1.165, 1.54) is 0 Å². The summed E-state index contributed by atoms with van der Waals surface area (Å²) >= 11 is 8.89. The van der Waals surface area contributed by atoms with Gasteiger partial charge in [0.05, 0.1) is 10.6 Å². The summed E-state index contributed by atoms with van der Waals surface area (Å²) in [7, 11) is 0. The number of amides is 1. The zero-order valence-corrected chi connectivity index (χ0v) is 13.7. The van der Waals surface area contributed by atoms with E-state index in [0.29, 0.717) is 6.54 Å². The molecular weight excluding hydrogens is 352 g/mol. The van der Waals surface area contributed by atoms with Crippen molar-refractivity contribution in [1.82, 2.24) is 5.32 Å². The standard InChI is InChI=1S/C14H17BrClF2NO/c1-3-14(4-2,7-15)8-19-13(20)9-5-12(18)10(16)6-11(9)17/h5-6H,3-4,7-8H2,1-2H3,(H,19,20). The van der Waals surface area contributed by atoms with Crippen molar-refractivity contribution in [3.05, 3.63) is 34.4 Å². The van der Waals surface area contributed by atoms with E-state index < -0.39 is 17.5 Å². The SMILES string of the molecule is CCC(CC)(CBr)CNC(=O)c1cc(F)c(Cl)cc1F. The number of benzene rings is 1. The molecule has 0 saturated carbocycles. The van der Waals surface area contributed by atoms with E-state index in [-0.39, 0.29) is 16.0 Å². The number of nitrogens with one attached hydrogen (secondary N) is 1. The zero-order valence-electron chi connectivity index (χ0n) is 11.4. The highest BCUT2D eigenvalue weighted by molar-refractivity contribution is 9.09. The van der Waals surface area contributed by atoms with E-state index in [4.69, 9.17) is 11.6 Å². The maximum Gasteiger partial charge on any atom is 0.254 e. The number of rotatable bonds is 6. The van der Waals surface area contributed by atoms with E-state index >= 15 is 0 Å². The molecular formula is C14H17BrClF2NO. The molecule has 0 saturated heterocycles. The molecule has 0 aromatic heterocycles. The Bertz CT molecular complexity index is 484. The molecule has 0 bridgehead atoms. The highest BCUT2D eigenvalue weighted by Gasteiger charge is 2.26. The predicted molar refractivity (Wildman–Crippen MR) is 80.5 cm³/mol. The van der Waals surface area contributed by atoms with Crippen LogP contribution in [0, 0.1) is 17.0 Å². The molecule has 1 aromatic carbocycles. The second-order valence-corrected chi connectivity index (χ2v) is 5.74. The summed E-state index contributed by atoms with van der Waals surface area (Å²) in [5.41, 5.74) is -0.417. The molecule has 0 aliphatic carbocycles. The number of carbonyl (C=O) groups excluding carboxylic acids is 1. The quantitative estimate of drug-likeness (QED) is 0.579. The summed E-state index contributed by atoms with van der Waals surface area (Å²) in [6, 6.07) is 1.63. The lowest BCUT2D eigenvalue weighted by Crippen LogP contribution is -2.38. The van der Waals surface area contributed by atoms with Crippen molar-refractivity contribution in [1.29, 1.82) is 0 Å². The molecule has 0 aliphatic heterocycles. The predicted octanol–water partition coefficient (Wildman–Crippen LogP) is 4.55. The fourth-order valence-corrected chi connectivity index (χ4v) is 2.94. The first-order valence-corrected chi connectivity index (χ1v) is 7.87. The molecule has 0 atom stereocenters. The molecule has 1 N–H and O–H groups in total. The van der Waals surface area contributed by atoms with E-state index in [1.807, 2.05) is 13.8 Å². The Morgan fingerprint density at radius 1 is 1.30 bits per heavy atom.